The Morgan fingerprint density at radius 2 is 2.00 bits per heavy atom. The molecule has 3 heterocycles. The Morgan fingerprint density at radius 3 is 2.64 bits per heavy atom. The molecular formula is C18H23N5O2. The lowest BCUT2D eigenvalue weighted by molar-refractivity contribution is -0.129. The first-order valence-electron chi connectivity index (χ1n) is 8.63. The number of carbonyl (C=O) groups is 2. The normalized spacial score (nSPS) is 14.1. The molecule has 7 nitrogen and oxygen atoms in total. The van der Waals surface area contributed by atoms with Gasteiger partial charge in [0.2, 0.25) is 5.91 Å². The summed E-state index contributed by atoms with van der Waals surface area (Å²) in [5, 5.41) is 7.06. The van der Waals surface area contributed by atoms with E-state index < -0.39 is 0 Å². The van der Waals surface area contributed by atoms with Gasteiger partial charge < -0.3 is 10.2 Å². The number of rotatable bonds is 5. The van der Waals surface area contributed by atoms with Gasteiger partial charge in [-0.05, 0) is 30.9 Å². The summed E-state index contributed by atoms with van der Waals surface area (Å²) in [6, 6.07) is 5.56. The van der Waals surface area contributed by atoms with Crippen molar-refractivity contribution < 1.29 is 9.59 Å². The second-order valence-electron chi connectivity index (χ2n) is 6.47. The minimum absolute atomic E-state index is 0.0190. The van der Waals surface area contributed by atoms with Crippen LogP contribution in [0.3, 0.4) is 0 Å². The first-order valence-corrected chi connectivity index (χ1v) is 8.63. The Balaban J connectivity index is 1.76. The van der Waals surface area contributed by atoms with Crippen LogP contribution in [-0.4, -0.2) is 51.1 Å². The standard InChI is InChI=1S/C18H23N5O2/c1-13(2)17-14(11-21-23(17)15-7-3-4-8-19-15)18(25)20-12-16(24)22-9-5-6-10-22/h3-4,7-8,11,13H,5-6,9-10,12H2,1-2H3,(H,20,25). The Kier molecular flexibility index (Phi) is 5.11. The molecule has 0 saturated carbocycles. The maximum atomic E-state index is 12.6. The van der Waals surface area contributed by atoms with Crippen LogP contribution in [0.15, 0.2) is 30.6 Å². The number of nitrogens with zero attached hydrogens (tertiary/aromatic N) is 4. The lowest BCUT2D eigenvalue weighted by Gasteiger charge is -2.16. The van der Waals surface area contributed by atoms with Crippen LogP contribution >= 0.6 is 0 Å². The van der Waals surface area contributed by atoms with Gasteiger partial charge in [0.05, 0.1) is 24.0 Å². The van der Waals surface area contributed by atoms with E-state index in [0.717, 1.165) is 31.6 Å². The van der Waals surface area contributed by atoms with Gasteiger partial charge in [-0.2, -0.15) is 5.10 Å². The quantitative estimate of drug-likeness (QED) is 0.898. The third kappa shape index (κ3) is 3.70. The van der Waals surface area contributed by atoms with Crippen LogP contribution in [0.25, 0.3) is 5.82 Å². The SMILES string of the molecule is CC(C)c1c(C(=O)NCC(=O)N2CCCC2)cnn1-c1ccccn1. The second kappa shape index (κ2) is 7.46. The molecule has 0 aliphatic carbocycles. The highest BCUT2D eigenvalue weighted by molar-refractivity contribution is 5.97. The topological polar surface area (TPSA) is 80.1 Å². The van der Waals surface area contributed by atoms with E-state index in [1.165, 1.54) is 0 Å². The Morgan fingerprint density at radius 1 is 1.24 bits per heavy atom. The first kappa shape index (κ1) is 17.1. The van der Waals surface area contributed by atoms with Crippen LogP contribution in [-0.2, 0) is 4.79 Å². The van der Waals surface area contributed by atoms with Crippen LogP contribution in [0.5, 0.6) is 0 Å². The predicted molar refractivity (Wildman–Crippen MR) is 93.6 cm³/mol. The van der Waals surface area contributed by atoms with Gasteiger partial charge in [-0.1, -0.05) is 19.9 Å². The summed E-state index contributed by atoms with van der Waals surface area (Å²) in [4.78, 5) is 30.8. The summed E-state index contributed by atoms with van der Waals surface area (Å²) >= 11 is 0. The zero-order valence-corrected chi connectivity index (χ0v) is 14.6. The molecule has 1 fully saturated rings. The van der Waals surface area contributed by atoms with Crippen molar-refractivity contribution in [3.05, 3.63) is 41.9 Å². The van der Waals surface area contributed by atoms with Crippen molar-refractivity contribution in [1.82, 2.24) is 25.0 Å². The van der Waals surface area contributed by atoms with E-state index in [9.17, 15) is 9.59 Å². The summed E-state index contributed by atoms with van der Waals surface area (Å²) in [6.07, 6.45) is 5.30. The number of hydrogen-bond acceptors (Lipinski definition) is 4. The number of pyridine rings is 1. The molecule has 0 atom stereocenters. The average Bonchev–Trinajstić information content (AvgIpc) is 3.29. The molecule has 2 aromatic heterocycles. The van der Waals surface area contributed by atoms with Gasteiger partial charge >= 0.3 is 0 Å². The molecule has 2 aromatic rings. The molecule has 1 N–H and O–H groups in total. The summed E-state index contributed by atoms with van der Waals surface area (Å²) in [7, 11) is 0. The highest BCUT2D eigenvalue weighted by atomic mass is 16.2. The van der Waals surface area contributed by atoms with E-state index in [0.29, 0.717) is 11.4 Å². The summed E-state index contributed by atoms with van der Waals surface area (Å²) in [5.74, 6) is 0.436. The fourth-order valence-corrected chi connectivity index (χ4v) is 3.08. The zero-order chi connectivity index (χ0) is 17.8. The van der Waals surface area contributed by atoms with E-state index in [4.69, 9.17) is 0 Å². The number of amides is 2. The van der Waals surface area contributed by atoms with Crippen molar-refractivity contribution in [2.24, 2.45) is 0 Å². The third-order valence-corrected chi connectivity index (χ3v) is 4.32. The number of nitrogens with one attached hydrogen (secondary N) is 1. The first-order chi connectivity index (χ1) is 12.1. The van der Waals surface area contributed by atoms with Gasteiger partial charge in [0, 0.05) is 19.3 Å². The largest absolute Gasteiger partial charge is 0.343 e. The molecule has 1 aliphatic rings. The lowest BCUT2D eigenvalue weighted by atomic mass is 10.1. The number of carbonyl (C=O) groups excluding carboxylic acids is 2. The molecule has 0 unspecified atom stereocenters. The minimum atomic E-state index is -0.279. The third-order valence-electron chi connectivity index (χ3n) is 4.32. The molecule has 0 aromatic carbocycles. The summed E-state index contributed by atoms with van der Waals surface area (Å²) in [6.45, 7) is 5.59. The van der Waals surface area contributed by atoms with E-state index in [-0.39, 0.29) is 24.3 Å². The average molecular weight is 341 g/mol. The van der Waals surface area contributed by atoms with Crippen LogP contribution < -0.4 is 5.32 Å². The van der Waals surface area contributed by atoms with E-state index >= 15 is 0 Å². The van der Waals surface area contributed by atoms with E-state index in [1.54, 1.807) is 22.0 Å². The van der Waals surface area contributed by atoms with Gasteiger partial charge in [0.25, 0.3) is 5.91 Å². The molecule has 0 radical (unpaired) electrons. The van der Waals surface area contributed by atoms with Gasteiger partial charge in [0.1, 0.15) is 0 Å². The van der Waals surface area contributed by atoms with Crippen molar-refractivity contribution in [3.8, 4) is 5.82 Å². The number of likely N-dealkylation sites (tertiary alicyclic amines) is 1. The van der Waals surface area contributed by atoms with Crippen molar-refractivity contribution in [2.45, 2.75) is 32.6 Å². The monoisotopic (exact) mass is 341 g/mol. The van der Waals surface area contributed by atoms with Gasteiger partial charge in [-0.25, -0.2) is 9.67 Å². The lowest BCUT2D eigenvalue weighted by Crippen LogP contribution is -2.38. The van der Waals surface area contributed by atoms with Crippen LogP contribution in [0, 0.1) is 0 Å². The summed E-state index contributed by atoms with van der Waals surface area (Å²) in [5.41, 5.74) is 1.26. The molecule has 0 spiro atoms. The second-order valence-corrected chi connectivity index (χ2v) is 6.47. The molecule has 132 valence electrons. The highest BCUT2D eigenvalue weighted by Gasteiger charge is 2.23. The van der Waals surface area contributed by atoms with Crippen molar-refractivity contribution in [2.75, 3.05) is 19.6 Å². The van der Waals surface area contributed by atoms with Gasteiger partial charge in [-0.15, -0.1) is 0 Å². The Hall–Kier alpha value is -2.70. The Bertz CT molecular complexity index is 748. The van der Waals surface area contributed by atoms with E-state index in [2.05, 4.69) is 15.4 Å². The fraction of sp³-hybridized carbons (Fsp3) is 0.444. The summed E-state index contributed by atoms with van der Waals surface area (Å²) < 4.78 is 1.68. The van der Waals surface area contributed by atoms with Crippen LogP contribution in [0.4, 0.5) is 0 Å². The van der Waals surface area contributed by atoms with Crippen molar-refractivity contribution >= 4 is 11.8 Å². The molecular weight excluding hydrogens is 318 g/mol. The van der Waals surface area contributed by atoms with Crippen LogP contribution in [0.2, 0.25) is 0 Å². The fourth-order valence-electron chi connectivity index (χ4n) is 3.08. The zero-order valence-electron chi connectivity index (χ0n) is 14.6. The van der Waals surface area contributed by atoms with E-state index in [1.807, 2.05) is 32.0 Å². The molecule has 2 amide bonds. The van der Waals surface area contributed by atoms with Crippen molar-refractivity contribution in [1.29, 1.82) is 0 Å². The van der Waals surface area contributed by atoms with Gasteiger partial charge in [0.15, 0.2) is 5.82 Å². The molecule has 1 aliphatic heterocycles. The molecule has 25 heavy (non-hydrogen) atoms. The number of hydrogen-bond donors (Lipinski definition) is 1. The maximum Gasteiger partial charge on any atom is 0.255 e. The van der Waals surface area contributed by atoms with Gasteiger partial charge in [-0.3, -0.25) is 9.59 Å². The smallest absolute Gasteiger partial charge is 0.255 e. The molecule has 3 rings (SSSR count). The highest BCUT2D eigenvalue weighted by Crippen LogP contribution is 2.22. The van der Waals surface area contributed by atoms with Crippen LogP contribution in [0.1, 0.15) is 48.7 Å². The minimum Gasteiger partial charge on any atom is -0.343 e. The predicted octanol–water partition coefficient (Wildman–Crippen LogP) is 1.74. The number of aromatic nitrogens is 3. The molecule has 0 bridgehead atoms. The Labute approximate surface area is 147 Å². The van der Waals surface area contributed by atoms with Crippen molar-refractivity contribution in [3.63, 3.8) is 0 Å². The maximum absolute atomic E-state index is 12.6. The molecule has 7 heteroatoms. The molecule has 1 saturated heterocycles.